The molecule has 1 fully saturated rings. The first-order valence-electron chi connectivity index (χ1n) is 7.96. The molecule has 0 aromatic rings. The second-order valence-electron chi connectivity index (χ2n) is 6.67. The molecule has 2 atom stereocenters. The van der Waals surface area contributed by atoms with E-state index in [1.165, 1.54) is 45.1 Å². The van der Waals surface area contributed by atoms with Crippen LogP contribution in [-0.2, 0) is 0 Å². The molecule has 1 N–H and O–H groups in total. The van der Waals surface area contributed by atoms with Crippen LogP contribution in [0.2, 0.25) is 0 Å². The van der Waals surface area contributed by atoms with Crippen molar-refractivity contribution in [2.24, 2.45) is 5.41 Å². The van der Waals surface area contributed by atoms with Gasteiger partial charge in [-0.05, 0) is 44.8 Å². The lowest BCUT2D eigenvalue weighted by Crippen LogP contribution is -2.58. The summed E-state index contributed by atoms with van der Waals surface area (Å²) >= 11 is 0. The van der Waals surface area contributed by atoms with Gasteiger partial charge in [-0.1, -0.05) is 47.0 Å². The predicted molar refractivity (Wildman–Crippen MR) is 81.0 cm³/mol. The van der Waals surface area contributed by atoms with Gasteiger partial charge < -0.3 is 10.2 Å². The highest BCUT2D eigenvalue weighted by Gasteiger charge is 2.39. The highest BCUT2D eigenvalue weighted by molar-refractivity contribution is 4.97. The molecule has 1 saturated carbocycles. The molecule has 0 saturated heterocycles. The van der Waals surface area contributed by atoms with E-state index in [4.69, 9.17) is 0 Å². The summed E-state index contributed by atoms with van der Waals surface area (Å²) in [7, 11) is 2.33. The average molecular weight is 254 g/mol. The van der Waals surface area contributed by atoms with Crippen molar-refractivity contribution in [3.8, 4) is 0 Å². The Morgan fingerprint density at radius 1 is 1.22 bits per heavy atom. The van der Waals surface area contributed by atoms with E-state index in [-0.39, 0.29) is 0 Å². The quantitative estimate of drug-likeness (QED) is 0.697. The molecule has 18 heavy (non-hydrogen) atoms. The van der Waals surface area contributed by atoms with Crippen LogP contribution in [0.4, 0.5) is 0 Å². The number of nitrogens with one attached hydrogen (secondary N) is 1. The maximum atomic E-state index is 3.75. The zero-order valence-electron chi connectivity index (χ0n) is 13.3. The van der Waals surface area contributed by atoms with E-state index in [1.54, 1.807) is 0 Å². The van der Waals surface area contributed by atoms with Gasteiger partial charge in [-0.25, -0.2) is 0 Å². The van der Waals surface area contributed by atoms with Gasteiger partial charge in [-0.3, -0.25) is 0 Å². The summed E-state index contributed by atoms with van der Waals surface area (Å²) in [5.74, 6) is 0. The van der Waals surface area contributed by atoms with E-state index in [9.17, 15) is 0 Å². The first kappa shape index (κ1) is 16.0. The molecule has 2 nitrogen and oxygen atoms in total. The number of likely N-dealkylation sites (N-methyl/N-ethyl adjacent to an activating group) is 2. The van der Waals surface area contributed by atoms with Gasteiger partial charge in [-0.2, -0.15) is 0 Å². The van der Waals surface area contributed by atoms with Crippen LogP contribution in [0.1, 0.15) is 66.2 Å². The normalized spacial score (nSPS) is 27.7. The van der Waals surface area contributed by atoms with E-state index in [0.29, 0.717) is 11.5 Å². The molecule has 0 aromatic heterocycles. The van der Waals surface area contributed by atoms with Crippen LogP contribution in [-0.4, -0.2) is 37.1 Å². The maximum absolute atomic E-state index is 3.75. The molecule has 0 amide bonds. The first-order chi connectivity index (χ1) is 8.53. The third-order valence-electron chi connectivity index (χ3n) is 4.65. The lowest BCUT2D eigenvalue weighted by Gasteiger charge is -2.48. The molecule has 1 aliphatic carbocycles. The van der Waals surface area contributed by atoms with Crippen LogP contribution in [0.15, 0.2) is 0 Å². The van der Waals surface area contributed by atoms with Crippen LogP contribution in [0.3, 0.4) is 0 Å². The minimum Gasteiger partial charge on any atom is -0.312 e. The van der Waals surface area contributed by atoms with Crippen molar-refractivity contribution in [2.75, 3.05) is 20.1 Å². The molecule has 2 heteroatoms. The number of nitrogens with zero attached hydrogens (tertiary/aromatic N) is 1. The monoisotopic (exact) mass is 254 g/mol. The fraction of sp³-hybridized carbons (Fsp3) is 1.00. The van der Waals surface area contributed by atoms with Crippen LogP contribution >= 0.6 is 0 Å². The minimum atomic E-state index is 0.442. The number of unbranched alkanes of at least 4 members (excludes halogenated alkanes) is 2. The Labute approximate surface area is 115 Å². The van der Waals surface area contributed by atoms with Crippen molar-refractivity contribution in [2.45, 2.75) is 78.3 Å². The summed E-state index contributed by atoms with van der Waals surface area (Å²) in [6.07, 6.45) is 8.15. The van der Waals surface area contributed by atoms with Crippen molar-refractivity contribution in [3.63, 3.8) is 0 Å². The van der Waals surface area contributed by atoms with Crippen molar-refractivity contribution < 1.29 is 0 Å². The lowest BCUT2D eigenvalue weighted by molar-refractivity contribution is 0.0628. The lowest BCUT2D eigenvalue weighted by atomic mass is 9.70. The third kappa shape index (κ3) is 4.24. The first-order valence-corrected chi connectivity index (χ1v) is 7.96. The molecule has 0 bridgehead atoms. The van der Waals surface area contributed by atoms with Gasteiger partial charge in [0.1, 0.15) is 0 Å². The van der Waals surface area contributed by atoms with Gasteiger partial charge >= 0.3 is 0 Å². The standard InChI is InChI=1S/C16H34N2/c1-6-8-9-13-18(5)14-11-10-12-16(3,4)15(14)17-7-2/h14-15,17H,6-13H2,1-5H3. The van der Waals surface area contributed by atoms with Crippen molar-refractivity contribution in [1.29, 1.82) is 0 Å². The van der Waals surface area contributed by atoms with Crippen LogP contribution in [0.25, 0.3) is 0 Å². The maximum Gasteiger partial charge on any atom is 0.0274 e. The summed E-state index contributed by atoms with van der Waals surface area (Å²) in [4.78, 5) is 2.61. The molecular formula is C16H34N2. The van der Waals surface area contributed by atoms with Crippen molar-refractivity contribution in [1.82, 2.24) is 10.2 Å². The van der Waals surface area contributed by atoms with Gasteiger partial charge in [0, 0.05) is 12.1 Å². The van der Waals surface area contributed by atoms with E-state index >= 15 is 0 Å². The molecule has 0 radical (unpaired) electrons. The van der Waals surface area contributed by atoms with E-state index in [2.05, 4.69) is 45.0 Å². The van der Waals surface area contributed by atoms with Crippen molar-refractivity contribution in [3.05, 3.63) is 0 Å². The topological polar surface area (TPSA) is 15.3 Å². The zero-order chi connectivity index (χ0) is 13.6. The molecule has 0 aliphatic heterocycles. The minimum absolute atomic E-state index is 0.442. The molecule has 0 heterocycles. The van der Waals surface area contributed by atoms with E-state index in [0.717, 1.165) is 12.6 Å². The van der Waals surface area contributed by atoms with Gasteiger partial charge in [0.15, 0.2) is 0 Å². The molecule has 1 aliphatic rings. The van der Waals surface area contributed by atoms with Gasteiger partial charge in [0.05, 0.1) is 0 Å². The smallest absolute Gasteiger partial charge is 0.0274 e. The molecule has 0 aromatic carbocycles. The highest BCUT2D eigenvalue weighted by atomic mass is 15.2. The van der Waals surface area contributed by atoms with Crippen LogP contribution < -0.4 is 5.32 Å². The fourth-order valence-corrected chi connectivity index (χ4v) is 3.49. The van der Waals surface area contributed by atoms with E-state index < -0.39 is 0 Å². The third-order valence-corrected chi connectivity index (χ3v) is 4.65. The fourth-order valence-electron chi connectivity index (χ4n) is 3.49. The number of hydrogen-bond acceptors (Lipinski definition) is 2. The Kier molecular flexibility index (Phi) is 6.65. The summed E-state index contributed by atoms with van der Waals surface area (Å²) in [6, 6.07) is 1.38. The second kappa shape index (κ2) is 7.49. The molecular weight excluding hydrogens is 220 g/mol. The van der Waals surface area contributed by atoms with Crippen LogP contribution in [0, 0.1) is 5.41 Å². The predicted octanol–water partition coefficient (Wildman–Crippen LogP) is 3.67. The Morgan fingerprint density at radius 2 is 1.94 bits per heavy atom. The second-order valence-corrected chi connectivity index (χ2v) is 6.67. The summed E-state index contributed by atoms with van der Waals surface area (Å²) in [5.41, 5.74) is 0.442. The molecule has 2 unspecified atom stereocenters. The van der Waals surface area contributed by atoms with Gasteiger partial charge in [0.2, 0.25) is 0 Å². The summed E-state index contributed by atoms with van der Waals surface area (Å²) in [5, 5.41) is 3.75. The zero-order valence-corrected chi connectivity index (χ0v) is 13.3. The van der Waals surface area contributed by atoms with Gasteiger partial charge in [-0.15, -0.1) is 0 Å². The molecule has 0 spiro atoms. The average Bonchev–Trinajstić information content (AvgIpc) is 2.31. The summed E-state index contributed by atoms with van der Waals surface area (Å²) in [6.45, 7) is 11.7. The highest BCUT2D eigenvalue weighted by Crippen LogP contribution is 2.37. The van der Waals surface area contributed by atoms with Crippen molar-refractivity contribution >= 4 is 0 Å². The largest absolute Gasteiger partial charge is 0.312 e. The van der Waals surface area contributed by atoms with Crippen LogP contribution in [0.5, 0.6) is 0 Å². The number of hydrogen-bond donors (Lipinski definition) is 1. The molecule has 108 valence electrons. The molecule has 1 rings (SSSR count). The number of rotatable bonds is 7. The SMILES string of the molecule is CCCCCN(C)C1CCCC(C)(C)C1NCC. The Balaban J connectivity index is 2.59. The van der Waals surface area contributed by atoms with Gasteiger partial charge in [0.25, 0.3) is 0 Å². The Bertz CT molecular complexity index is 225. The summed E-state index contributed by atoms with van der Waals surface area (Å²) < 4.78 is 0. The Hall–Kier alpha value is -0.0800. The Morgan fingerprint density at radius 3 is 2.56 bits per heavy atom. The van der Waals surface area contributed by atoms with E-state index in [1.807, 2.05) is 0 Å².